The highest BCUT2D eigenvalue weighted by Crippen LogP contribution is 2.42. The van der Waals surface area contributed by atoms with E-state index in [0.29, 0.717) is 29.9 Å². The van der Waals surface area contributed by atoms with Crippen molar-refractivity contribution in [1.29, 1.82) is 0 Å². The molecule has 0 radical (unpaired) electrons. The number of ether oxygens (including phenoxy) is 1. The van der Waals surface area contributed by atoms with E-state index in [-0.39, 0.29) is 17.3 Å². The summed E-state index contributed by atoms with van der Waals surface area (Å²) in [7, 11) is 0. The number of H-pyrrole nitrogens is 1. The number of Topliss-reactive ketones (excluding diaryl/α,β-unsaturated/α-hetero) is 1. The third-order valence-corrected chi connectivity index (χ3v) is 5.83. The van der Waals surface area contributed by atoms with Crippen LogP contribution in [0.25, 0.3) is 16.8 Å². The normalized spacial score (nSPS) is 19.5. The highest BCUT2D eigenvalue weighted by atomic mass is 16.5. The Hall–Kier alpha value is -4.33. The van der Waals surface area contributed by atoms with Crippen molar-refractivity contribution in [2.45, 2.75) is 12.5 Å². The quantitative estimate of drug-likeness (QED) is 0.293. The van der Waals surface area contributed by atoms with Crippen molar-refractivity contribution in [1.82, 2.24) is 9.97 Å². The van der Waals surface area contributed by atoms with Crippen LogP contribution in [0.4, 0.5) is 5.95 Å². The fraction of sp³-hybridized carbons (Fsp3) is 0.125. The van der Waals surface area contributed by atoms with Crippen molar-refractivity contribution in [2.24, 2.45) is 0 Å². The smallest absolute Gasteiger partial charge is 0.302 e. The zero-order valence-electron chi connectivity index (χ0n) is 16.7. The number of rotatable bonds is 3. The Morgan fingerprint density at radius 1 is 1.12 bits per heavy atom. The lowest BCUT2D eigenvalue weighted by Gasteiger charge is -2.20. The Balaban J connectivity index is 1.54. The van der Waals surface area contributed by atoms with Crippen LogP contribution >= 0.6 is 0 Å². The molecule has 32 heavy (non-hydrogen) atoms. The van der Waals surface area contributed by atoms with Crippen LogP contribution in [0, 0.1) is 0 Å². The third kappa shape index (κ3) is 2.66. The summed E-state index contributed by atoms with van der Waals surface area (Å²) >= 11 is 0. The zero-order chi connectivity index (χ0) is 21.8. The highest BCUT2D eigenvalue weighted by Gasteiger charge is 2.49. The molecule has 4 aromatic rings. The number of hydrogen-bond donors (Lipinski definition) is 2. The Kier molecular flexibility index (Phi) is 3.94. The number of furan rings is 1. The fourth-order valence-corrected chi connectivity index (χ4v) is 4.31. The summed E-state index contributed by atoms with van der Waals surface area (Å²) in [4.78, 5) is 35.1. The van der Waals surface area contributed by atoms with Gasteiger partial charge in [0.05, 0.1) is 29.5 Å². The van der Waals surface area contributed by atoms with E-state index in [0.717, 1.165) is 16.8 Å². The number of amides is 1. The maximum atomic E-state index is 13.1. The number of aliphatic hydroxyl groups is 1. The van der Waals surface area contributed by atoms with Crippen LogP contribution in [-0.2, 0) is 16.0 Å². The molecule has 2 aromatic heterocycles. The van der Waals surface area contributed by atoms with Gasteiger partial charge < -0.3 is 19.2 Å². The molecular weight excluding hydrogens is 410 g/mol. The maximum Gasteiger partial charge on any atom is 0.302 e. The van der Waals surface area contributed by atoms with Gasteiger partial charge in [0, 0.05) is 12.0 Å². The molecule has 1 atom stereocenters. The van der Waals surface area contributed by atoms with Crippen molar-refractivity contribution in [3.05, 3.63) is 83.3 Å². The van der Waals surface area contributed by atoms with Crippen LogP contribution in [0.1, 0.15) is 22.9 Å². The summed E-state index contributed by atoms with van der Waals surface area (Å²) in [5, 5.41) is 11.2. The van der Waals surface area contributed by atoms with E-state index in [1.807, 2.05) is 18.2 Å². The zero-order valence-corrected chi connectivity index (χ0v) is 16.7. The first-order valence-corrected chi connectivity index (χ1v) is 10.2. The van der Waals surface area contributed by atoms with Crippen molar-refractivity contribution < 1.29 is 23.8 Å². The van der Waals surface area contributed by atoms with E-state index in [4.69, 9.17) is 9.15 Å². The van der Waals surface area contributed by atoms with E-state index in [1.165, 1.54) is 11.2 Å². The van der Waals surface area contributed by atoms with E-state index < -0.39 is 17.7 Å². The van der Waals surface area contributed by atoms with Gasteiger partial charge >= 0.3 is 5.91 Å². The van der Waals surface area contributed by atoms with Crippen molar-refractivity contribution in [3.63, 3.8) is 0 Å². The Labute approximate surface area is 181 Å². The minimum absolute atomic E-state index is 0.0516. The van der Waals surface area contributed by atoms with Crippen molar-refractivity contribution in [3.8, 4) is 5.75 Å². The van der Waals surface area contributed by atoms with Gasteiger partial charge in [-0.15, -0.1) is 0 Å². The molecule has 0 bridgehead atoms. The largest absolute Gasteiger partial charge is 0.507 e. The van der Waals surface area contributed by atoms with E-state index >= 15 is 0 Å². The molecule has 158 valence electrons. The number of para-hydroxylation sites is 2. The molecule has 1 saturated heterocycles. The van der Waals surface area contributed by atoms with Crippen LogP contribution in [0.5, 0.6) is 5.75 Å². The van der Waals surface area contributed by atoms with Gasteiger partial charge in [0.1, 0.15) is 23.3 Å². The van der Waals surface area contributed by atoms with E-state index in [9.17, 15) is 14.7 Å². The monoisotopic (exact) mass is 427 g/mol. The number of aliphatic hydroxyl groups excluding tert-OH is 1. The first-order valence-electron chi connectivity index (χ1n) is 10.2. The van der Waals surface area contributed by atoms with Crippen LogP contribution in [0.15, 0.2) is 70.9 Å². The number of aromatic amines is 1. The first-order chi connectivity index (χ1) is 15.6. The molecule has 2 aromatic carbocycles. The van der Waals surface area contributed by atoms with Crippen molar-refractivity contribution in [2.75, 3.05) is 11.5 Å². The number of carbonyl (C=O) groups is 2. The number of benzene rings is 2. The van der Waals surface area contributed by atoms with Crippen LogP contribution in [-0.4, -0.2) is 33.4 Å². The molecule has 0 aliphatic carbocycles. The summed E-state index contributed by atoms with van der Waals surface area (Å²) in [5.74, 6) is -0.561. The molecule has 4 heterocycles. The molecule has 1 fully saturated rings. The lowest BCUT2D eigenvalue weighted by molar-refractivity contribution is -0.132. The summed E-state index contributed by atoms with van der Waals surface area (Å²) in [6, 6.07) is 14.9. The first kappa shape index (κ1) is 18.4. The number of fused-ring (bicyclic) bond motifs is 2. The molecule has 0 saturated carbocycles. The second-order valence-corrected chi connectivity index (χ2v) is 7.68. The number of ketones is 1. The number of nitrogens with zero attached hydrogens (tertiary/aromatic N) is 2. The minimum Gasteiger partial charge on any atom is -0.507 e. The van der Waals surface area contributed by atoms with Gasteiger partial charge in [-0.3, -0.25) is 14.5 Å². The molecule has 8 nitrogen and oxygen atoms in total. The van der Waals surface area contributed by atoms with Gasteiger partial charge in [0.25, 0.3) is 5.78 Å². The molecule has 2 aliphatic heterocycles. The number of hydrogen-bond acceptors (Lipinski definition) is 6. The SMILES string of the molecule is O=C1C(=O)N(c2nc3ccccc3[nH]2)C(c2ccco2)/C1=C(\O)c1ccc2c(c1)CCO2. The highest BCUT2D eigenvalue weighted by molar-refractivity contribution is 6.51. The van der Waals surface area contributed by atoms with E-state index in [1.54, 1.807) is 36.4 Å². The number of anilines is 1. The summed E-state index contributed by atoms with van der Waals surface area (Å²) < 4.78 is 11.1. The summed E-state index contributed by atoms with van der Waals surface area (Å²) in [6.07, 6.45) is 2.17. The van der Waals surface area contributed by atoms with Gasteiger partial charge in [-0.2, -0.15) is 0 Å². The van der Waals surface area contributed by atoms with Crippen LogP contribution < -0.4 is 9.64 Å². The number of imidazole rings is 1. The number of carbonyl (C=O) groups excluding carboxylic acids is 2. The molecule has 8 heteroatoms. The standard InChI is InChI=1S/C24H17N3O5/c28-21(14-7-8-17-13(12-14)9-11-32-17)19-20(18-6-3-10-31-18)27(23(30)22(19)29)24-25-15-4-1-2-5-16(15)26-24/h1-8,10,12,20,28H,9,11H2,(H,25,26)/b21-19+. The fourth-order valence-electron chi connectivity index (χ4n) is 4.31. The van der Waals surface area contributed by atoms with Crippen molar-refractivity contribution >= 4 is 34.4 Å². The van der Waals surface area contributed by atoms with Gasteiger partial charge in [0.15, 0.2) is 0 Å². The Bertz CT molecular complexity index is 1380. The Morgan fingerprint density at radius 3 is 2.81 bits per heavy atom. The maximum absolute atomic E-state index is 13.1. The van der Waals surface area contributed by atoms with Gasteiger partial charge in [-0.1, -0.05) is 12.1 Å². The average molecular weight is 427 g/mol. The molecule has 2 N–H and O–H groups in total. The minimum atomic E-state index is -0.963. The second-order valence-electron chi connectivity index (χ2n) is 7.68. The van der Waals surface area contributed by atoms with Crippen LogP contribution in [0.3, 0.4) is 0 Å². The molecule has 1 amide bonds. The Morgan fingerprint density at radius 2 is 2.00 bits per heavy atom. The predicted molar refractivity (Wildman–Crippen MR) is 115 cm³/mol. The topological polar surface area (TPSA) is 109 Å². The number of aromatic nitrogens is 2. The summed E-state index contributed by atoms with van der Waals surface area (Å²) in [5.41, 5.74) is 2.70. The lowest BCUT2D eigenvalue weighted by atomic mass is 9.98. The van der Waals surface area contributed by atoms with Gasteiger partial charge in [-0.05, 0) is 48.0 Å². The lowest BCUT2D eigenvalue weighted by Crippen LogP contribution is -2.30. The summed E-state index contributed by atoms with van der Waals surface area (Å²) in [6.45, 7) is 0.572. The van der Waals surface area contributed by atoms with E-state index in [2.05, 4.69) is 9.97 Å². The molecule has 2 aliphatic rings. The molecule has 6 rings (SSSR count). The van der Waals surface area contributed by atoms with Gasteiger partial charge in [-0.25, -0.2) is 4.98 Å². The second kappa shape index (κ2) is 6.84. The molecule has 0 spiro atoms. The van der Waals surface area contributed by atoms with Gasteiger partial charge in [0.2, 0.25) is 5.95 Å². The number of nitrogens with one attached hydrogen (secondary N) is 1. The third-order valence-electron chi connectivity index (χ3n) is 5.83. The average Bonchev–Trinajstić information content (AvgIpc) is 3.59. The van der Waals surface area contributed by atoms with Crippen LogP contribution in [0.2, 0.25) is 0 Å². The predicted octanol–water partition coefficient (Wildman–Crippen LogP) is 3.72. The molecule has 1 unspecified atom stereocenters. The molecular formula is C24H17N3O5.